The van der Waals surface area contributed by atoms with Crippen LogP contribution in [0.3, 0.4) is 0 Å². The lowest BCUT2D eigenvalue weighted by Gasteiger charge is -1.99. The highest BCUT2D eigenvalue weighted by Gasteiger charge is 1.97. The molecule has 0 aromatic carbocycles. The van der Waals surface area contributed by atoms with Gasteiger partial charge in [0, 0.05) is 18.8 Å². The molecular weight excluding hydrogens is 160 g/mol. The fraction of sp³-hybridized carbons (Fsp3) is 0.286. The van der Waals surface area contributed by atoms with E-state index in [4.69, 9.17) is 17.0 Å². The minimum atomic E-state index is 0.555. The molecule has 0 saturated heterocycles. The number of nitrogens with zero attached hydrogens (tertiary/aromatic N) is 2. The van der Waals surface area contributed by atoms with E-state index in [9.17, 15) is 0 Å². The third kappa shape index (κ3) is 2.59. The quantitative estimate of drug-likeness (QED) is 0.617. The van der Waals surface area contributed by atoms with Crippen molar-refractivity contribution in [2.45, 2.75) is 6.42 Å². The molecule has 0 spiro atoms. The van der Waals surface area contributed by atoms with E-state index in [1.807, 2.05) is 0 Å². The molecule has 1 rings (SSSR count). The second kappa shape index (κ2) is 3.98. The Morgan fingerprint density at radius 3 is 2.73 bits per heavy atom. The van der Waals surface area contributed by atoms with Crippen LogP contribution in [0, 0.1) is 0 Å². The molecule has 1 heterocycles. The first-order chi connectivity index (χ1) is 5.33. The van der Waals surface area contributed by atoms with Crippen LogP contribution in [-0.2, 0) is 11.2 Å². The number of hydrogen-bond donors (Lipinski definition) is 0. The van der Waals surface area contributed by atoms with E-state index in [0.717, 1.165) is 5.56 Å². The normalized spacial score (nSPS) is 9.18. The van der Waals surface area contributed by atoms with Crippen LogP contribution in [-0.4, -0.2) is 22.1 Å². The van der Waals surface area contributed by atoms with Crippen molar-refractivity contribution in [3.05, 3.63) is 24.3 Å². The highest BCUT2D eigenvalue weighted by atomic mass is 32.1. The maximum Gasteiger partial charge on any atom is 0.163 e. The number of methoxy groups -OCH3 is 1. The van der Waals surface area contributed by atoms with Crippen molar-refractivity contribution in [1.29, 1.82) is 0 Å². The minimum absolute atomic E-state index is 0.555. The molecule has 0 bridgehead atoms. The van der Waals surface area contributed by atoms with Crippen LogP contribution >= 0.6 is 12.2 Å². The molecule has 0 amide bonds. The molecule has 58 valence electrons. The summed E-state index contributed by atoms with van der Waals surface area (Å²) in [6.07, 6.45) is 5.53. The van der Waals surface area contributed by atoms with Crippen molar-refractivity contribution in [2.24, 2.45) is 0 Å². The van der Waals surface area contributed by atoms with E-state index < -0.39 is 0 Å². The first kappa shape index (κ1) is 8.07. The van der Waals surface area contributed by atoms with Crippen molar-refractivity contribution in [1.82, 2.24) is 9.97 Å². The highest BCUT2D eigenvalue weighted by Crippen LogP contribution is 1.96. The molecule has 4 heteroatoms. The summed E-state index contributed by atoms with van der Waals surface area (Å²) in [6.45, 7) is 0. The summed E-state index contributed by atoms with van der Waals surface area (Å²) in [5, 5.41) is 0.555. The molecule has 11 heavy (non-hydrogen) atoms. The van der Waals surface area contributed by atoms with Crippen LogP contribution in [0.5, 0.6) is 0 Å². The van der Waals surface area contributed by atoms with Crippen molar-refractivity contribution in [3.63, 3.8) is 0 Å². The Bertz CT molecular complexity index is 237. The number of thiocarbonyl (C=S) groups is 1. The van der Waals surface area contributed by atoms with E-state index in [0.29, 0.717) is 11.5 Å². The number of ether oxygens (including phenoxy) is 1. The highest BCUT2D eigenvalue weighted by molar-refractivity contribution is 7.80. The molecule has 0 aliphatic rings. The van der Waals surface area contributed by atoms with Crippen molar-refractivity contribution in [2.75, 3.05) is 7.11 Å². The molecule has 0 N–H and O–H groups in total. The Hall–Kier alpha value is -1.03. The summed E-state index contributed by atoms with van der Waals surface area (Å²) in [6, 6.07) is 0. The van der Waals surface area contributed by atoms with Crippen LogP contribution in [0.15, 0.2) is 18.7 Å². The van der Waals surface area contributed by atoms with Crippen molar-refractivity contribution < 1.29 is 4.74 Å². The molecule has 0 saturated carbocycles. The standard InChI is InChI=1S/C7H8N2OS/c1-10-7(11)2-6-3-8-5-9-4-6/h3-5H,2H2,1H3. The van der Waals surface area contributed by atoms with Crippen molar-refractivity contribution in [3.8, 4) is 0 Å². The van der Waals surface area contributed by atoms with Gasteiger partial charge in [0.2, 0.25) is 0 Å². The number of aromatic nitrogens is 2. The minimum Gasteiger partial charge on any atom is -0.490 e. The van der Waals surface area contributed by atoms with Gasteiger partial charge in [-0.3, -0.25) is 0 Å². The molecule has 0 aliphatic heterocycles. The third-order valence-electron chi connectivity index (χ3n) is 1.19. The molecule has 1 aromatic heterocycles. The Morgan fingerprint density at radius 2 is 2.18 bits per heavy atom. The SMILES string of the molecule is COC(=S)Cc1cncnc1. The van der Waals surface area contributed by atoms with Crippen LogP contribution in [0.25, 0.3) is 0 Å². The van der Waals surface area contributed by atoms with Crippen LogP contribution in [0.2, 0.25) is 0 Å². The molecule has 0 atom stereocenters. The monoisotopic (exact) mass is 168 g/mol. The number of rotatable bonds is 2. The molecule has 0 radical (unpaired) electrons. The first-order valence-corrected chi connectivity index (χ1v) is 3.54. The maximum absolute atomic E-state index is 4.86. The number of hydrogen-bond acceptors (Lipinski definition) is 4. The lowest BCUT2D eigenvalue weighted by molar-refractivity contribution is 0.406. The lowest BCUT2D eigenvalue weighted by Crippen LogP contribution is -2.02. The van der Waals surface area contributed by atoms with E-state index >= 15 is 0 Å². The smallest absolute Gasteiger partial charge is 0.163 e. The van der Waals surface area contributed by atoms with Gasteiger partial charge in [-0.15, -0.1) is 0 Å². The second-order valence-electron chi connectivity index (χ2n) is 2.00. The Morgan fingerprint density at radius 1 is 1.55 bits per heavy atom. The predicted octanol–water partition coefficient (Wildman–Crippen LogP) is 0.993. The van der Waals surface area contributed by atoms with E-state index in [-0.39, 0.29) is 0 Å². The van der Waals surface area contributed by atoms with Gasteiger partial charge in [-0.1, -0.05) is 0 Å². The van der Waals surface area contributed by atoms with Gasteiger partial charge < -0.3 is 4.74 Å². The summed E-state index contributed by atoms with van der Waals surface area (Å²) < 4.78 is 4.83. The van der Waals surface area contributed by atoms with Gasteiger partial charge in [0.05, 0.1) is 7.11 Å². The average Bonchev–Trinajstić information content (AvgIpc) is 2.06. The van der Waals surface area contributed by atoms with E-state index in [2.05, 4.69) is 9.97 Å². The summed E-state index contributed by atoms with van der Waals surface area (Å²) in [5.74, 6) is 0. The Labute approximate surface area is 70.4 Å². The van der Waals surface area contributed by atoms with Crippen LogP contribution < -0.4 is 0 Å². The average molecular weight is 168 g/mol. The van der Waals surface area contributed by atoms with E-state index in [1.165, 1.54) is 6.33 Å². The summed E-state index contributed by atoms with van der Waals surface area (Å²) in [5.41, 5.74) is 0.972. The van der Waals surface area contributed by atoms with Gasteiger partial charge >= 0.3 is 0 Å². The molecule has 3 nitrogen and oxygen atoms in total. The Balaban J connectivity index is 2.58. The summed E-state index contributed by atoms with van der Waals surface area (Å²) in [7, 11) is 1.56. The molecule has 0 fully saturated rings. The van der Waals surface area contributed by atoms with Gasteiger partial charge in [0.15, 0.2) is 5.05 Å². The summed E-state index contributed by atoms with van der Waals surface area (Å²) in [4.78, 5) is 7.69. The fourth-order valence-electron chi connectivity index (χ4n) is 0.660. The third-order valence-corrected chi connectivity index (χ3v) is 1.50. The van der Waals surface area contributed by atoms with Gasteiger partial charge in [0.25, 0.3) is 0 Å². The molecular formula is C7H8N2OS. The zero-order valence-corrected chi connectivity index (χ0v) is 6.97. The van der Waals surface area contributed by atoms with Gasteiger partial charge in [-0.25, -0.2) is 9.97 Å². The first-order valence-electron chi connectivity index (χ1n) is 3.13. The molecule has 0 aliphatic carbocycles. The van der Waals surface area contributed by atoms with E-state index in [1.54, 1.807) is 19.5 Å². The Kier molecular flexibility index (Phi) is 2.92. The zero-order valence-electron chi connectivity index (χ0n) is 6.15. The van der Waals surface area contributed by atoms with Crippen LogP contribution in [0.4, 0.5) is 0 Å². The molecule has 1 aromatic rings. The summed E-state index contributed by atoms with van der Waals surface area (Å²) >= 11 is 4.86. The molecule has 0 unspecified atom stereocenters. The van der Waals surface area contributed by atoms with Gasteiger partial charge in [-0.05, 0) is 17.8 Å². The fourth-order valence-corrected chi connectivity index (χ4v) is 0.827. The topological polar surface area (TPSA) is 35.0 Å². The lowest BCUT2D eigenvalue weighted by atomic mass is 10.2. The zero-order chi connectivity index (χ0) is 8.10. The maximum atomic E-state index is 4.86. The largest absolute Gasteiger partial charge is 0.490 e. The second-order valence-corrected chi connectivity index (χ2v) is 2.45. The van der Waals surface area contributed by atoms with Gasteiger partial charge in [0.1, 0.15) is 6.33 Å². The van der Waals surface area contributed by atoms with Gasteiger partial charge in [-0.2, -0.15) is 0 Å². The van der Waals surface area contributed by atoms with Crippen LogP contribution in [0.1, 0.15) is 5.56 Å². The van der Waals surface area contributed by atoms with Crippen molar-refractivity contribution >= 4 is 17.3 Å². The predicted molar refractivity (Wildman–Crippen MR) is 45.3 cm³/mol.